The number of nitrogens with one attached hydrogen (secondary N) is 1. The predicted octanol–water partition coefficient (Wildman–Crippen LogP) is 5.70. The molecule has 2 aromatic heterocycles. The molecule has 7 nitrogen and oxygen atoms in total. The molecule has 0 aliphatic heterocycles. The number of nitriles is 1. The van der Waals surface area contributed by atoms with E-state index in [0.717, 1.165) is 36.1 Å². The zero-order valence-electron chi connectivity index (χ0n) is 20.2. The lowest BCUT2D eigenvalue weighted by Gasteiger charge is -2.17. The topological polar surface area (TPSA) is 92.8 Å². The van der Waals surface area contributed by atoms with Crippen LogP contribution >= 0.6 is 23.1 Å². The lowest BCUT2D eigenvalue weighted by molar-refractivity contribution is -0.113. The fraction of sp³-hybridized carbons (Fsp3) is 0.385. The van der Waals surface area contributed by atoms with Gasteiger partial charge in [0.2, 0.25) is 5.91 Å². The number of hydrogen-bond acceptors (Lipinski definition) is 7. The number of amides is 1. The molecule has 4 rings (SSSR count). The van der Waals surface area contributed by atoms with Crippen LogP contribution in [0.1, 0.15) is 53.8 Å². The van der Waals surface area contributed by atoms with Crippen LogP contribution in [0.2, 0.25) is 0 Å². The minimum absolute atomic E-state index is 0.159. The van der Waals surface area contributed by atoms with E-state index in [1.54, 1.807) is 6.08 Å². The van der Waals surface area contributed by atoms with Crippen molar-refractivity contribution in [2.75, 3.05) is 11.1 Å². The number of nitrogens with zero attached hydrogens (tertiary/aromatic N) is 4. The van der Waals surface area contributed by atoms with Crippen LogP contribution in [0.4, 0.5) is 5.00 Å². The van der Waals surface area contributed by atoms with E-state index in [-0.39, 0.29) is 17.8 Å². The fourth-order valence-corrected chi connectivity index (χ4v) is 6.32. The second-order valence-electron chi connectivity index (χ2n) is 8.77. The molecule has 0 saturated heterocycles. The van der Waals surface area contributed by atoms with Crippen LogP contribution in [-0.4, -0.2) is 26.4 Å². The summed E-state index contributed by atoms with van der Waals surface area (Å²) < 4.78 is 8.05. The van der Waals surface area contributed by atoms with Crippen LogP contribution in [0.3, 0.4) is 0 Å². The zero-order valence-corrected chi connectivity index (χ0v) is 21.8. The zero-order chi connectivity index (χ0) is 24.9. The SMILES string of the molecule is C=CCn1c(SCC(=O)Nc2sc3c(c2C#N)CCC(C)C3)nnc1C(C)Oc1ccccc1C. The monoisotopic (exact) mass is 507 g/mol. The molecule has 9 heteroatoms. The summed E-state index contributed by atoms with van der Waals surface area (Å²) in [6.07, 6.45) is 4.39. The Morgan fingerprint density at radius 3 is 3.00 bits per heavy atom. The summed E-state index contributed by atoms with van der Waals surface area (Å²) in [5.41, 5.74) is 2.77. The predicted molar refractivity (Wildman–Crippen MR) is 140 cm³/mol. The highest BCUT2D eigenvalue weighted by Gasteiger charge is 2.25. The number of rotatable bonds is 9. The molecule has 2 atom stereocenters. The van der Waals surface area contributed by atoms with Gasteiger partial charge in [-0.15, -0.1) is 28.1 Å². The molecule has 2 unspecified atom stereocenters. The van der Waals surface area contributed by atoms with Crippen molar-refractivity contribution in [2.45, 2.75) is 57.8 Å². The molecular weight excluding hydrogens is 478 g/mol. The molecule has 2 heterocycles. The number of carbonyl (C=O) groups is 1. The molecule has 1 N–H and O–H groups in total. The van der Waals surface area contributed by atoms with Crippen molar-refractivity contribution in [3.05, 3.63) is 64.3 Å². The largest absolute Gasteiger partial charge is 0.482 e. The third kappa shape index (κ3) is 5.60. The van der Waals surface area contributed by atoms with E-state index in [4.69, 9.17) is 4.74 Å². The van der Waals surface area contributed by atoms with Crippen LogP contribution < -0.4 is 10.1 Å². The summed E-state index contributed by atoms with van der Waals surface area (Å²) in [6, 6.07) is 10.1. The summed E-state index contributed by atoms with van der Waals surface area (Å²) in [7, 11) is 0. The number of para-hydroxylation sites is 1. The Balaban J connectivity index is 1.44. The van der Waals surface area contributed by atoms with Gasteiger partial charge in [0.15, 0.2) is 17.1 Å². The van der Waals surface area contributed by atoms with E-state index in [1.165, 1.54) is 28.0 Å². The van der Waals surface area contributed by atoms with Gasteiger partial charge in [-0.1, -0.05) is 43.0 Å². The van der Waals surface area contributed by atoms with Crippen molar-refractivity contribution in [3.63, 3.8) is 0 Å². The summed E-state index contributed by atoms with van der Waals surface area (Å²) in [6.45, 7) is 10.5. The first kappa shape index (κ1) is 25.0. The Labute approximate surface area is 214 Å². The number of benzene rings is 1. The molecule has 3 aromatic rings. The van der Waals surface area contributed by atoms with Gasteiger partial charge in [0, 0.05) is 11.4 Å². The molecule has 0 fully saturated rings. The van der Waals surface area contributed by atoms with Crippen molar-refractivity contribution >= 4 is 34.0 Å². The average molecular weight is 508 g/mol. The number of anilines is 1. The van der Waals surface area contributed by atoms with Crippen molar-refractivity contribution in [2.24, 2.45) is 5.92 Å². The van der Waals surface area contributed by atoms with Crippen LogP contribution in [-0.2, 0) is 24.2 Å². The van der Waals surface area contributed by atoms with Gasteiger partial charge in [-0.25, -0.2) is 0 Å². The quantitative estimate of drug-likeness (QED) is 0.295. The van der Waals surface area contributed by atoms with Gasteiger partial charge < -0.3 is 10.1 Å². The second-order valence-corrected chi connectivity index (χ2v) is 10.8. The smallest absolute Gasteiger partial charge is 0.235 e. The first-order valence-electron chi connectivity index (χ1n) is 11.6. The molecule has 1 aliphatic rings. The molecule has 0 radical (unpaired) electrons. The van der Waals surface area contributed by atoms with Gasteiger partial charge in [-0.05, 0) is 56.2 Å². The van der Waals surface area contributed by atoms with Crippen LogP contribution in [0.5, 0.6) is 5.75 Å². The normalized spacial score (nSPS) is 15.7. The molecule has 1 aliphatic carbocycles. The standard InChI is InChI=1S/C26H29N5O2S2/c1-5-12-31-24(18(4)33-21-9-7-6-8-17(21)3)29-30-26(31)34-15-23(32)28-25-20(14-27)19-11-10-16(2)13-22(19)35-25/h5-9,16,18H,1,10-13,15H2,2-4H3,(H,28,32). The number of thiophene rings is 1. The Kier molecular flexibility index (Phi) is 7.93. The third-order valence-electron chi connectivity index (χ3n) is 6.03. The fourth-order valence-electron chi connectivity index (χ4n) is 4.19. The third-order valence-corrected chi connectivity index (χ3v) is 8.16. The highest BCUT2D eigenvalue weighted by Crippen LogP contribution is 2.39. The van der Waals surface area contributed by atoms with Crippen LogP contribution in [0.15, 0.2) is 42.1 Å². The summed E-state index contributed by atoms with van der Waals surface area (Å²) in [5.74, 6) is 2.06. The molecule has 1 amide bonds. The van der Waals surface area contributed by atoms with Gasteiger partial charge in [-0.2, -0.15) is 5.26 Å². The van der Waals surface area contributed by atoms with Crippen molar-refractivity contribution < 1.29 is 9.53 Å². The Morgan fingerprint density at radius 2 is 2.26 bits per heavy atom. The van der Waals surface area contributed by atoms with Crippen LogP contribution in [0.25, 0.3) is 0 Å². The molecule has 1 aromatic carbocycles. The van der Waals surface area contributed by atoms with Crippen molar-refractivity contribution in [3.8, 4) is 11.8 Å². The highest BCUT2D eigenvalue weighted by atomic mass is 32.2. The molecular formula is C26H29N5O2S2. The van der Waals surface area contributed by atoms with E-state index < -0.39 is 0 Å². The number of aryl methyl sites for hydroxylation is 1. The lowest BCUT2D eigenvalue weighted by atomic mass is 9.89. The highest BCUT2D eigenvalue weighted by molar-refractivity contribution is 7.99. The van der Waals surface area contributed by atoms with E-state index in [1.807, 2.05) is 42.7 Å². The number of thioether (sulfide) groups is 1. The number of carbonyl (C=O) groups excluding carboxylic acids is 1. The summed E-state index contributed by atoms with van der Waals surface area (Å²) in [4.78, 5) is 14.0. The van der Waals surface area contributed by atoms with Gasteiger partial charge >= 0.3 is 0 Å². The average Bonchev–Trinajstić information content (AvgIpc) is 3.39. The number of aromatic nitrogens is 3. The van der Waals surface area contributed by atoms with E-state index in [2.05, 4.69) is 35.1 Å². The van der Waals surface area contributed by atoms with Crippen molar-refractivity contribution in [1.29, 1.82) is 5.26 Å². The summed E-state index contributed by atoms with van der Waals surface area (Å²) >= 11 is 2.84. The number of allylic oxidation sites excluding steroid dienone is 1. The molecule has 0 bridgehead atoms. The maximum atomic E-state index is 12.8. The first-order valence-corrected chi connectivity index (χ1v) is 13.4. The first-order chi connectivity index (χ1) is 16.9. The van der Waals surface area contributed by atoms with Gasteiger partial charge in [0.05, 0.1) is 11.3 Å². The Bertz CT molecular complexity index is 1270. The molecule has 182 valence electrons. The van der Waals surface area contributed by atoms with Gasteiger partial charge in [0.1, 0.15) is 16.8 Å². The molecule has 35 heavy (non-hydrogen) atoms. The van der Waals surface area contributed by atoms with E-state index in [0.29, 0.717) is 34.0 Å². The number of hydrogen-bond donors (Lipinski definition) is 1. The van der Waals surface area contributed by atoms with Crippen LogP contribution in [0, 0.1) is 24.2 Å². The van der Waals surface area contributed by atoms with Gasteiger partial charge in [-0.3, -0.25) is 9.36 Å². The Morgan fingerprint density at radius 1 is 1.46 bits per heavy atom. The van der Waals surface area contributed by atoms with Gasteiger partial charge in [0.25, 0.3) is 0 Å². The van der Waals surface area contributed by atoms with Crippen molar-refractivity contribution in [1.82, 2.24) is 14.8 Å². The summed E-state index contributed by atoms with van der Waals surface area (Å²) in [5, 5.41) is 22.6. The molecule has 0 saturated carbocycles. The van der Waals surface area contributed by atoms with E-state index >= 15 is 0 Å². The minimum Gasteiger partial charge on any atom is -0.482 e. The minimum atomic E-state index is -0.329. The maximum absolute atomic E-state index is 12.8. The second kappa shape index (κ2) is 11.1. The number of fused-ring (bicyclic) bond motifs is 1. The molecule has 0 spiro atoms. The van der Waals surface area contributed by atoms with E-state index in [9.17, 15) is 10.1 Å². The lowest BCUT2D eigenvalue weighted by Crippen LogP contribution is -2.15. The number of ether oxygens (including phenoxy) is 1. The maximum Gasteiger partial charge on any atom is 0.235 e. The Hall–Kier alpha value is -3.09.